The molecule has 0 saturated heterocycles. The van der Waals surface area contributed by atoms with Crippen LogP contribution < -0.4 is 5.32 Å². The summed E-state index contributed by atoms with van der Waals surface area (Å²) in [5.41, 5.74) is 1.17. The van der Waals surface area contributed by atoms with Crippen LogP contribution in [0.2, 0.25) is 10.0 Å². The van der Waals surface area contributed by atoms with Crippen LogP contribution in [0.5, 0.6) is 0 Å². The fourth-order valence-corrected chi connectivity index (χ4v) is 2.71. The van der Waals surface area contributed by atoms with Crippen LogP contribution in [-0.4, -0.2) is 10.8 Å². The number of nitro groups is 1. The van der Waals surface area contributed by atoms with Gasteiger partial charge in [-0.2, -0.15) is 0 Å². The van der Waals surface area contributed by atoms with E-state index in [1.807, 2.05) is 0 Å². The molecule has 0 amide bonds. The predicted molar refractivity (Wildman–Crippen MR) is 108 cm³/mol. The maximum Gasteiger partial charge on any atom is 0.280 e. The molecule has 0 fully saturated rings. The van der Waals surface area contributed by atoms with Gasteiger partial charge in [0, 0.05) is 12.6 Å². The summed E-state index contributed by atoms with van der Waals surface area (Å²) in [7, 11) is 0. The quantitative estimate of drug-likeness (QED) is 0.237. The van der Waals surface area contributed by atoms with Crippen LogP contribution in [0.1, 0.15) is 11.3 Å². The smallest absolute Gasteiger partial charge is 0.280 e. The average molecular weight is 427 g/mol. The zero-order valence-electron chi connectivity index (χ0n) is 13.7. The molecule has 2 aromatic carbocycles. The maximum absolute atomic E-state index is 11.1. The van der Waals surface area contributed by atoms with Gasteiger partial charge >= 0.3 is 0 Å². The number of para-hydroxylation sites is 1. The molecule has 2 N–H and O–H groups in total. The van der Waals surface area contributed by atoms with E-state index >= 15 is 0 Å². The monoisotopic (exact) mass is 425 g/mol. The highest BCUT2D eigenvalue weighted by Gasteiger charge is 2.18. The van der Waals surface area contributed by atoms with E-state index in [4.69, 9.17) is 33.0 Å². The molecule has 140 valence electrons. The summed E-state index contributed by atoms with van der Waals surface area (Å²) in [5, 5.41) is 23.0. The fourth-order valence-electron chi connectivity index (χ4n) is 2.39. The fraction of sp³-hybridized carbons (Fsp3) is 0.0556. The van der Waals surface area contributed by atoms with E-state index in [1.54, 1.807) is 48.5 Å². The maximum atomic E-state index is 11.1. The number of hydrogen-bond acceptors (Lipinski definition) is 4. The van der Waals surface area contributed by atoms with Crippen molar-refractivity contribution in [3.63, 3.8) is 0 Å². The van der Waals surface area contributed by atoms with Gasteiger partial charge in [0.05, 0.1) is 20.5 Å². The molecule has 1 aromatic heterocycles. The van der Waals surface area contributed by atoms with Crippen LogP contribution in [0.4, 0.5) is 5.69 Å². The van der Waals surface area contributed by atoms with Gasteiger partial charge in [0.15, 0.2) is 11.6 Å². The van der Waals surface area contributed by atoms with Crippen LogP contribution in [0.3, 0.4) is 0 Å². The Hall–Kier alpha value is -2.54. The molecule has 3 aromatic rings. The molecule has 9 heteroatoms. The van der Waals surface area contributed by atoms with Gasteiger partial charge in [-0.1, -0.05) is 41.4 Å². The molecule has 0 saturated carbocycles. The van der Waals surface area contributed by atoms with Gasteiger partial charge < -0.3 is 9.73 Å². The van der Waals surface area contributed by atoms with Crippen molar-refractivity contribution >= 4 is 47.1 Å². The van der Waals surface area contributed by atoms with Crippen LogP contribution in [0.25, 0.3) is 11.3 Å². The van der Waals surface area contributed by atoms with Gasteiger partial charge in [-0.15, -0.1) is 12.4 Å². The predicted octanol–water partition coefficient (Wildman–Crippen LogP) is 5.70. The molecule has 0 aliphatic rings. The summed E-state index contributed by atoms with van der Waals surface area (Å²) in [6, 6.07) is 14.7. The molecule has 0 bridgehead atoms. The molecule has 3 rings (SSSR count). The number of nitrogens with zero attached hydrogens (tertiary/aromatic N) is 1. The second-order valence-corrected chi connectivity index (χ2v) is 6.23. The molecule has 0 radical (unpaired) electrons. The van der Waals surface area contributed by atoms with Crippen molar-refractivity contribution in [2.24, 2.45) is 0 Å². The normalized spacial score (nSPS) is 10.1. The molecule has 0 spiro atoms. The molecule has 6 nitrogen and oxygen atoms in total. The van der Waals surface area contributed by atoms with Gasteiger partial charge in [-0.3, -0.25) is 15.5 Å². The number of amidine groups is 1. The molecule has 0 atom stereocenters. The van der Waals surface area contributed by atoms with Crippen LogP contribution in [-0.2, 0) is 6.54 Å². The number of nitro benzene ring substituents is 1. The zero-order valence-corrected chi connectivity index (χ0v) is 16.1. The Morgan fingerprint density at radius 3 is 2.56 bits per heavy atom. The summed E-state index contributed by atoms with van der Waals surface area (Å²) in [6.45, 7) is 0.358. The number of benzene rings is 2. The molecule has 0 aliphatic heterocycles. The van der Waals surface area contributed by atoms with Crippen molar-refractivity contribution in [3.05, 3.63) is 86.1 Å². The Bertz CT molecular complexity index is 989. The van der Waals surface area contributed by atoms with Gasteiger partial charge in [-0.25, -0.2) is 0 Å². The minimum absolute atomic E-state index is 0. The minimum atomic E-state index is -0.467. The number of rotatable bonds is 5. The second kappa shape index (κ2) is 8.90. The minimum Gasteiger partial charge on any atom is -0.453 e. The van der Waals surface area contributed by atoms with Crippen LogP contribution >= 0.6 is 35.6 Å². The van der Waals surface area contributed by atoms with Gasteiger partial charge in [-0.05, 0) is 35.9 Å². The Kier molecular flexibility index (Phi) is 6.85. The first-order valence-corrected chi connectivity index (χ1v) is 8.31. The Balaban J connectivity index is 0.00000261. The number of furan rings is 1. The van der Waals surface area contributed by atoms with E-state index in [1.165, 1.54) is 6.07 Å². The highest BCUT2D eigenvalue weighted by atomic mass is 35.5. The van der Waals surface area contributed by atoms with E-state index in [2.05, 4.69) is 5.32 Å². The van der Waals surface area contributed by atoms with E-state index in [-0.39, 0.29) is 29.7 Å². The lowest BCUT2D eigenvalue weighted by atomic mass is 10.1. The highest BCUT2D eigenvalue weighted by Crippen LogP contribution is 2.30. The number of halogens is 3. The third kappa shape index (κ3) is 4.80. The first-order valence-electron chi connectivity index (χ1n) is 7.56. The Morgan fingerprint density at radius 2 is 1.85 bits per heavy atom. The summed E-state index contributed by atoms with van der Waals surface area (Å²) >= 11 is 11.8. The third-order valence-corrected chi connectivity index (χ3v) is 4.41. The van der Waals surface area contributed by atoms with Crippen molar-refractivity contribution in [3.8, 4) is 11.3 Å². The number of hydrogen-bond donors (Lipinski definition) is 2. The topological polar surface area (TPSA) is 92.2 Å². The van der Waals surface area contributed by atoms with Crippen LogP contribution in [0.15, 0.2) is 59.0 Å². The van der Waals surface area contributed by atoms with Gasteiger partial charge in [0.1, 0.15) is 5.76 Å². The SMILES string of the molecule is Cl.N=C(NCc1ccc(Cl)c(Cl)c1)c1ccc(-c2ccccc2[N+](=O)[O-])o1. The lowest BCUT2D eigenvalue weighted by molar-refractivity contribution is -0.384. The van der Waals surface area contributed by atoms with Crippen molar-refractivity contribution in [1.82, 2.24) is 5.32 Å². The molecule has 1 heterocycles. The summed E-state index contributed by atoms with van der Waals surface area (Å²) < 4.78 is 5.61. The summed E-state index contributed by atoms with van der Waals surface area (Å²) in [5.74, 6) is 0.660. The van der Waals surface area contributed by atoms with Gasteiger partial charge in [0.2, 0.25) is 0 Å². The third-order valence-electron chi connectivity index (χ3n) is 3.67. The lowest BCUT2D eigenvalue weighted by Crippen LogP contribution is -2.22. The molecular weight excluding hydrogens is 413 g/mol. The highest BCUT2D eigenvalue weighted by molar-refractivity contribution is 6.42. The first kappa shape index (κ1) is 20.8. The summed E-state index contributed by atoms with van der Waals surface area (Å²) in [6.07, 6.45) is 0. The molecule has 27 heavy (non-hydrogen) atoms. The van der Waals surface area contributed by atoms with Crippen molar-refractivity contribution in [2.45, 2.75) is 6.54 Å². The Morgan fingerprint density at radius 1 is 1.11 bits per heavy atom. The van der Waals surface area contributed by atoms with Crippen molar-refractivity contribution in [2.75, 3.05) is 0 Å². The van der Waals surface area contributed by atoms with E-state index in [0.29, 0.717) is 27.9 Å². The Labute approximate surface area is 171 Å². The van der Waals surface area contributed by atoms with Crippen molar-refractivity contribution in [1.29, 1.82) is 5.41 Å². The number of nitrogens with one attached hydrogen (secondary N) is 2. The lowest BCUT2D eigenvalue weighted by Gasteiger charge is -2.07. The second-order valence-electron chi connectivity index (χ2n) is 5.42. The standard InChI is InChI=1S/C18H13Cl2N3O3.ClH/c19-13-6-5-11(9-14(13)20)10-22-18(21)17-8-7-16(26-17)12-3-1-2-4-15(12)23(24)25;/h1-9H,10H2,(H2,21,22);1H. The average Bonchev–Trinajstić information content (AvgIpc) is 3.12. The molecular formula is C18H14Cl3N3O3. The largest absolute Gasteiger partial charge is 0.453 e. The molecule has 0 unspecified atom stereocenters. The van der Waals surface area contributed by atoms with E-state index < -0.39 is 4.92 Å². The van der Waals surface area contributed by atoms with E-state index in [0.717, 1.165) is 5.56 Å². The van der Waals surface area contributed by atoms with Crippen LogP contribution in [0, 0.1) is 15.5 Å². The van der Waals surface area contributed by atoms with Crippen molar-refractivity contribution < 1.29 is 9.34 Å². The molecule has 0 aliphatic carbocycles. The summed E-state index contributed by atoms with van der Waals surface area (Å²) in [4.78, 5) is 10.7. The zero-order chi connectivity index (χ0) is 18.7. The van der Waals surface area contributed by atoms with Gasteiger partial charge in [0.25, 0.3) is 5.69 Å². The van der Waals surface area contributed by atoms with E-state index in [9.17, 15) is 10.1 Å². The first-order chi connectivity index (χ1) is 12.5.